The number of hydrogen-bond acceptors (Lipinski definition) is 6. The van der Waals surface area contributed by atoms with Gasteiger partial charge in [0.1, 0.15) is 12.3 Å². The van der Waals surface area contributed by atoms with E-state index in [2.05, 4.69) is 5.32 Å². The van der Waals surface area contributed by atoms with E-state index in [9.17, 15) is 21.6 Å². The quantitative estimate of drug-likeness (QED) is 0.481. The lowest BCUT2D eigenvalue weighted by Crippen LogP contribution is -2.41. The van der Waals surface area contributed by atoms with Crippen molar-refractivity contribution in [1.82, 2.24) is 5.32 Å². The maximum Gasteiger partial charge on any atom is 0.264 e. The van der Waals surface area contributed by atoms with E-state index in [1.165, 1.54) is 31.4 Å². The summed E-state index contributed by atoms with van der Waals surface area (Å²) >= 11 is 0. The number of para-hydroxylation sites is 2. The topological polar surface area (TPSA) is 110 Å². The molecule has 0 bridgehead atoms. The van der Waals surface area contributed by atoms with E-state index in [1.807, 2.05) is 0 Å². The highest BCUT2D eigenvalue weighted by Crippen LogP contribution is 2.32. The molecule has 3 rings (SSSR count). The molecule has 0 aliphatic carbocycles. The number of nitrogens with one attached hydrogen (secondary N) is 1. The van der Waals surface area contributed by atoms with Gasteiger partial charge < -0.3 is 10.1 Å². The largest absolute Gasteiger partial charge is 0.495 e. The van der Waals surface area contributed by atoms with Gasteiger partial charge >= 0.3 is 0 Å². The fourth-order valence-corrected chi connectivity index (χ4v) is 5.44. The highest BCUT2D eigenvalue weighted by Gasteiger charge is 2.29. The van der Waals surface area contributed by atoms with Crippen LogP contribution in [0.3, 0.4) is 0 Å². The van der Waals surface area contributed by atoms with Crippen molar-refractivity contribution >= 4 is 31.5 Å². The van der Waals surface area contributed by atoms with Gasteiger partial charge in [0.2, 0.25) is 5.91 Å². The summed E-state index contributed by atoms with van der Waals surface area (Å²) in [5.41, 5.74) is 0.907. The number of amides is 1. The smallest absolute Gasteiger partial charge is 0.264 e. The Hall–Kier alpha value is -3.37. The van der Waals surface area contributed by atoms with Gasteiger partial charge in [0, 0.05) is 6.26 Å². The van der Waals surface area contributed by atoms with Crippen molar-refractivity contribution in [3.63, 3.8) is 0 Å². The molecule has 0 heterocycles. The van der Waals surface area contributed by atoms with Crippen molar-refractivity contribution in [2.24, 2.45) is 0 Å². The van der Waals surface area contributed by atoms with Gasteiger partial charge in [-0.2, -0.15) is 0 Å². The molecule has 34 heavy (non-hydrogen) atoms. The van der Waals surface area contributed by atoms with Crippen LogP contribution in [0.5, 0.6) is 5.75 Å². The van der Waals surface area contributed by atoms with E-state index in [0.29, 0.717) is 11.3 Å². The Bertz CT molecular complexity index is 1360. The van der Waals surface area contributed by atoms with Gasteiger partial charge in [-0.1, -0.05) is 42.5 Å². The van der Waals surface area contributed by atoms with E-state index in [1.54, 1.807) is 61.5 Å². The average Bonchev–Trinajstić information content (AvgIpc) is 2.82. The molecule has 10 heteroatoms. The second-order valence-corrected chi connectivity index (χ2v) is 11.5. The van der Waals surface area contributed by atoms with E-state index < -0.39 is 38.4 Å². The van der Waals surface area contributed by atoms with Crippen LogP contribution in [0.15, 0.2) is 88.7 Å². The van der Waals surface area contributed by atoms with Crippen molar-refractivity contribution in [1.29, 1.82) is 0 Å². The Labute approximate surface area is 200 Å². The van der Waals surface area contributed by atoms with E-state index in [4.69, 9.17) is 4.74 Å². The highest BCUT2D eigenvalue weighted by molar-refractivity contribution is 7.93. The Kier molecular flexibility index (Phi) is 7.63. The minimum atomic E-state index is -4.08. The average molecular weight is 503 g/mol. The van der Waals surface area contributed by atoms with Crippen molar-refractivity contribution in [2.45, 2.75) is 22.8 Å². The standard InChI is InChI=1S/C24H26N2O6S2/c1-18(19-13-15-20(16-14-19)33(3,28)29)25-24(27)17-26(22-11-7-8-12-23(22)32-2)34(30,31)21-9-5-4-6-10-21/h4-16,18H,17H2,1-3H3,(H,25,27)/t18-/m0/s1. The molecule has 0 aromatic heterocycles. The molecule has 0 aliphatic rings. The minimum Gasteiger partial charge on any atom is -0.495 e. The zero-order valence-electron chi connectivity index (χ0n) is 19.0. The summed E-state index contributed by atoms with van der Waals surface area (Å²) in [4.78, 5) is 13.2. The molecule has 0 saturated carbocycles. The van der Waals surface area contributed by atoms with E-state index >= 15 is 0 Å². The molecule has 0 aliphatic heterocycles. The lowest BCUT2D eigenvalue weighted by atomic mass is 10.1. The van der Waals surface area contributed by atoms with Crippen molar-refractivity contribution in [3.8, 4) is 5.75 Å². The summed E-state index contributed by atoms with van der Waals surface area (Å²) in [6.07, 6.45) is 1.12. The Morgan fingerprint density at radius 2 is 1.47 bits per heavy atom. The second kappa shape index (κ2) is 10.3. The zero-order chi connectivity index (χ0) is 24.9. The highest BCUT2D eigenvalue weighted by atomic mass is 32.2. The number of anilines is 1. The molecule has 0 saturated heterocycles. The van der Waals surface area contributed by atoms with Gasteiger partial charge in [-0.15, -0.1) is 0 Å². The van der Waals surface area contributed by atoms with E-state index in [-0.39, 0.29) is 15.5 Å². The third kappa shape index (κ3) is 5.75. The Morgan fingerprint density at radius 1 is 0.882 bits per heavy atom. The third-order valence-corrected chi connectivity index (χ3v) is 8.06. The number of benzene rings is 3. The number of rotatable bonds is 9. The van der Waals surface area contributed by atoms with Crippen molar-refractivity contribution in [2.75, 3.05) is 24.2 Å². The number of hydrogen-bond donors (Lipinski definition) is 1. The summed E-state index contributed by atoms with van der Waals surface area (Å²) in [6, 6.07) is 20.1. The lowest BCUT2D eigenvalue weighted by Gasteiger charge is -2.26. The minimum absolute atomic E-state index is 0.0399. The fourth-order valence-electron chi connectivity index (χ4n) is 3.36. The van der Waals surface area contributed by atoms with E-state index in [0.717, 1.165) is 10.6 Å². The van der Waals surface area contributed by atoms with Gasteiger partial charge in [0.25, 0.3) is 10.0 Å². The van der Waals surface area contributed by atoms with Crippen LogP contribution in [0, 0.1) is 0 Å². The molecule has 1 atom stereocenters. The SMILES string of the molecule is COc1ccccc1N(CC(=O)N[C@@H](C)c1ccc(S(C)(=O)=O)cc1)S(=O)(=O)c1ccccc1. The Morgan fingerprint density at radius 3 is 2.06 bits per heavy atom. The summed E-state index contributed by atoms with van der Waals surface area (Å²) < 4.78 is 56.6. The number of methoxy groups -OCH3 is 1. The molecule has 3 aromatic rings. The lowest BCUT2D eigenvalue weighted by molar-refractivity contribution is -0.120. The first-order chi connectivity index (χ1) is 16.0. The van der Waals surface area contributed by atoms with Gasteiger partial charge in [-0.3, -0.25) is 9.10 Å². The molecular formula is C24H26N2O6S2. The van der Waals surface area contributed by atoms with Crippen LogP contribution >= 0.6 is 0 Å². The van der Waals surface area contributed by atoms with Crippen LogP contribution in [-0.2, 0) is 24.7 Å². The first-order valence-electron chi connectivity index (χ1n) is 10.3. The summed E-state index contributed by atoms with van der Waals surface area (Å²) in [7, 11) is -5.99. The van der Waals surface area contributed by atoms with Crippen LogP contribution in [0.25, 0.3) is 0 Å². The number of carbonyl (C=O) groups excluding carboxylic acids is 1. The number of ether oxygens (including phenoxy) is 1. The maximum atomic E-state index is 13.5. The molecule has 0 fully saturated rings. The van der Waals surface area contributed by atoms with Crippen LogP contribution < -0.4 is 14.4 Å². The number of carbonyl (C=O) groups is 1. The van der Waals surface area contributed by atoms with Crippen molar-refractivity contribution in [3.05, 3.63) is 84.4 Å². The third-order valence-electron chi connectivity index (χ3n) is 5.16. The van der Waals surface area contributed by atoms with Crippen LogP contribution in [-0.4, -0.2) is 42.7 Å². The van der Waals surface area contributed by atoms with Gasteiger partial charge in [-0.05, 0) is 48.9 Å². The zero-order valence-corrected chi connectivity index (χ0v) is 20.6. The van der Waals surface area contributed by atoms with Gasteiger partial charge in [-0.25, -0.2) is 16.8 Å². The summed E-state index contributed by atoms with van der Waals surface area (Å²) in [6.45, 7) is 1.25. The fraction of sp³-hybridized carbons (Fsp3) is 0.208. The molecule has 0 spiro atoms. The normalized spacial score (nSPS) is 12.6. The molecule has 0 unspecified atom stereocenters. The number of sulfone groups is 1. The monoisotopic (exact) mass is 502 g/mol. The molecule has 180 valence electrons. The molecule has 0 radical (unpaired) electrons. The van der Waals surface area contributed by atoms with Crippen LogP contribution in [0.4, 0.5) is 5.69 Å². The summed E-state index contributed by atoms with van der Waals surface area (Å²) in [5, 5.41) is 2.78. The van der Waals surface area contributed by atoms with Crippen molar-refractivity contribution < 1.29 is 26.4 Å². The predicted octanol–water partition coefficient (Wildman–Crippen LogP) is 3.17. The summed E-state index contributed by atoms with van der Waals surface area (Å²) in [5.74, 6) is -0.232. The Balaban J connectivity index is 1.88. The molecule has 1 amide bonds. The molecule has 1 N–H and O–H groups in total. The second-order valence-electron chi connectivity index (χ2n) is 7.63. The molecule has 8 nitrogen and oxygen atoms in total. The first kappa shape index (κ1) is 25.3. The van der Waals surface area contributed by atoms with Crippen LogP contribution in [0.1, 0.15) is 18.5 Å². The maximum absolute atomic E-state index is 13.5. The van der Waals surface area contributed by atoms with Gasteiger partial charge in [0.05, 0.1) is 28.6 Å². The molecule has 3 aromatic carbocycles. The first-order valence-corrected chi connectivity index (χ1v) is 13.7. The number of sulfonamides is 1. The molecular weight excluding hydrogens is 476 g/mol. The van der Waals surface area contributed by atoms with Gasteiger partial charge in [0.15, 0.2) is 9.84 Å². The predicted molar refractivity (Wildman–Crippen MR) is 130 cm³/mol. The number of nitrogens with zero attached hydrogens (tertiary/aromatic N) is 1. The van der Waals surface area contributed by atoms with Crippen LogP contribution in [0.2, 0.25) is 0 Å².